The first-order valence-electron chi connectivity index (χ1n) is 8.05. The number of urea groups is 1. The van der Waals surface area contributed by atoms with Gasteiger partial charge in [0.25, 0.3) is 0 Å². The molecule has 1 heterocycles. The molecule has 2 atom stereocenters. The van der Waals surface area contributed by atoms with Crippen molar-refractivity contribution in [3.8, 4) is 5.75 Å². The Morgan fingerprint density at radius 3 is 2.52 bits per heavy atom. The van der Waals surface area contributed by atoms with Crippen LogP contribution in [0.1, 0.15) is 11.6 Å². The summed E-state index contributed by atoms with van der Waals surface area (Å²) in [5, 5.41) is 7.62. The van der Waals surface area contributed by atoms with Gasteiger partial charge in [-0.2, -0.15) is 0 Å². The molecule has 0 unspecified atom stereocenters. The lowest BCUT2D eigenvalue weighted by molar-refractivity contribution is -0.119. The molecule has 3 rings (SSSR count). The normalized spacial score (nSPS) is 19.1. The van der Waals surface area contributed by atoms with Gasteiger partial charge >= 0.3 is 6.03 Å². The summed E-state index contributed by atoms with van der Waals surface area (Å²) in [6.07, 6.45) is 0. The summed E-state index contributed by atoms with van der Waals surface area (Å²) in [5.74, 6) is -2.52. The van der Waals surface area contributed by atoms with Crippen LogP contribution in [0.2, 0.25) is 0 Å². The fourth-order valence-corrected chi connectivity index (χ4v) is 2.90. The van der Waals surface area contributed by atoms with Gasteiger partial charge in [-0.05, 0) is 30.3 Å². The van der Waals surface area contributed by atoms with Crippen molar-refractivity contribution in [3.05, 3.63) is 71.9 Å². The Bertz CT molecular complexity index is 900. The summed E-state index contributed by atoms with van der Waals surface area (Å²) in [6, 6.07) is 7.92. The number of halogens is 2. The number of hydrogen-bond acceptors (Lipinski definition) is 3. The molecule has 6 nitrogen and oxygen atoms in total. The first-order valence-corrected chi connectivity index (χ1v) is 8.05. The highest BCUT2D eigenvalue weighted by Crippen LogP contribution is 2.32. The van der Waals surface area contributed by atoms with Gasteiger partial charge in [-0.3, -0.25) is 4.79 Å². The van der Waals surface area contributed by atoms with E-state index in [1.54, 1.807) is 24.3 Å². The molecule has 0 spiro atoms. The van der Waals surface area contributed by atoms with Crippen molar-refractivity contribution in [2.75, 3.05) is 12.4 Å². The van der Waals surface area contributed by atoms with Crippen molar-refractivity contribution in [2.45, 2.75) is 6.04 Å². The molecule has 0 aliphatic carbocycles. The van der Waals surface area contributed by atoms with Crippen LogP contribution in [0.25, 0.3) is 0 Å². The number of ether oxygens (including phenoxy) is 1. The number of carbonyl (C=O) groups is 2. The van der Waals surface area contributed by atoms with Gasteiger partial charge in [-0.1, -0.05) is 12.6 Å². The molecule has 2 aromatic carbocycles. The molecule has 2 aromatic rings. The van der Waals surface area contributed by atoms with Crippen LogP contribution in [0.3, 0.4) is 0 Å². The highest BCUT2D eigenvalue weighted by molar-refractivity contribution is 5.97. The van der Waals surface area contributed by atoms with Crippen LogP contribution in [0.4, 0.5) is 19.3 Å². The topological polar surface area (TPSA) is 79.5 Å². The molecule has 0 saturated carbocycles. The number of rotatable bonds is 4. The molecule has 1 fully saturated rings. The Balaban J connectivity index is 1.89. The lowest BCUT2D eigenvalue weighted by Gasteiger charge is -2.34. The van der Waals surface area contributed by atoms with Gasteiger partial charge in [0.05, 0.1) is 13.2 Å². The molecule has 8 heteroatoms. The van der Waals surface area contributed by atoms with Crippen LogP contribution in [-0.4, -0.2) is 19.0 Å². The molecule has 140 valence electrons. The van der Waals surface area contributed by atoms with Crippen LogP contribution in [0.15, 0.2) is 54.7 Å². The van der Waals surface area contributed by atoms with E-state index in [2.05, 4.69) is 22.5 Å². The maximum absolute atomic E-state index is 14.2. The first-order chi connectivity index (χ1) is 12.9. The lowest BCUT2D eigenvalue weighted by atomic mass is 9.88. The first kappa shape index (κ1) is 18.4. The summed E-state index contributed by atoms with van der Waals surface area (Å²) >= 11 is 0. The molecule has 3 amide bonds. The number of methoxy groups -OCH3 is 1. The fraction of sp³-hybridized carbons (Fsp3) is 0.158. The van der Waals surface area contributed by atoms with E-state index in [1.165, 1.54) is 13.2 Å². The third-order valence-corrected chi connectivity index (χ3v) is 4.21. The Kier molecular flexibility index (Phi) is 5.07. The van der Waals surface area contributed by atoms with E-state index in [0.29, 0.717) is 17.5 Å². The summed E-state index contributed by atoms with van der Waals surface area (Å²) in [7, 11) is 1.52. The van der Waals surface area contributed by atoms with E-state index in [-0.39, 0.29) is 11.3 Å². The predicted molar refractivity (Wildman–Crippen MR) is 95.0 cm³/mol. The van der Waals surface area contributed by atoms with Crippen molar-refractivity contribution < 1.29 is 23.1 Å². The second kappa shape index (κ2) is 7.45. The molecule has 3 N–H and O–H groups in total. The van der Waals surface area contributed by atoms with Crippen molar-refractivity contribution >= 4 is 17.6 Å². The molecular weight excluding hydrogens is 356 g/mol. The Hall–Kier alpha value is -3.42. The van der Waals surface area contributed by atoms with E-state index in [1.807, 2.05) is 0 Å². The zero-order valence-electron chi connectivity index (χ0n) is 14.4. The summed E-state index contributed by atoms with van der Waals surface area (Å²) in [5.41, 5.74) is 0.588. The molecule has 1 aliphatic heterocycles. The molecule has 1 saturated heterocycles. The number of carbonyl (C=O) groups excluding carboxylic acids is 2. The van der Waals surface area contributed by atoms with Gasteiger partial charge in [-0.15, -0.1) is 0 Å². The number of amides is 3. The minimum absolute atomic E-state index is 0.0118. The van der Waals surface area contributed by atoms with Gasteiger partial charge in [0.1, 0.15) is 23.3 Å². The van der Waals surface area contributed by atoms with Crippen LogP contribution in [0, 0.1) is 17.6 Å². The quantitative estimate of drug-likeness (QED) is 0.771. The monoisotopic (exact) mass is 373 g/mol. The van der Waals surface area contributed by atoms with Crippen molar-refractivity contribution in [1.29, 1.82) is 0 Å². The van der Waals surface area contributed by atoms with E-state index < -0.39 is 35.5 Å². The van der Waals surface area contributed by atoms with Crippen LogP contribution in [-0.2, 0) is 4.79 Å². The fourth-order valence-electron chi connectivity index (χ4n) is 2.90. The predicted octanol–water partition coefficient (Wildman–Crippen LogP) is 3.10. The van der Waals surface area contributed by atoms with Crippen molar-refractivity contribution in [2.24, 2.45) is 5.92 Å². The Morgan fingerprint density at radius 1 is 1.19 bits per heavy atom. The minimum Gasteiger partial charge on any atom is -0.497 e. The van der Waals surface area contributed by atoms with Crippen molar-refractivity contribution in [1.82, 2.24) is 10.6 Å². The second-order valence-corrected chi connectivity index (χ2v) is 5.96. The molecule has 0 aromatic heterocycles. The molecule has 1 aliphatic rings. The van der Waals surface area contributed by atoms with E-state index in [9.17, 15) is 18.4 Å². The van der Waals surface area contributed by atoms with Gasteiger partial charge in [-0.25, -0.2) is 13.6 Å². The molecule has 27 heavy (non-hydrogen) atoms. The molecule has 0 bridgehead atoms. The smallest absolute Gasteiger partial charge is 0.319 e. The molecular formula is C19H17F2N3O3. The van der Waals surface area contributed by atoms with Crippen LogP contribution >= 0.6 is 0 Å². The second-order valence-electron chi connectivity index (χ2n) is 5.96. The van der Waals surface area contributed by atoms with Gasteiger partial charge in [0.2, 0.25) is 5.91 Å². The SMILES string of the molecule is C=C1NC(=O)N[C@H](c2ccc(F)cc2F)[C@H]1C(=O)Nc1ccc(OC)cc1. The maximum Gasteiger partial charge on any atom is 0.319 e. The lowest BCUT2D eigenvalue weighted by Crippen LogP contribution is -2.52. The molecule has 0 radical (unpaired) electrons. The average Bonchev–Trinajstić information content (AvgIpc) is 2.61. The number of benzene rings is 2. The Morgan fingerprint density at radius 2 is 1.89 bits per heavy atom. The van der Waals surface area contributed by atoms with E-state index >= 15 is 0 Å². The van der Waals surface area contributed by atoms with Gasteiger partial charge < -0.3 is 20.7 Å². The number of hydrogen-bond donors (Lipinski definition) is 3. The van der Waals surface area contributed by atoms with Crippen LogP contribution < -0.4 is 20.7 Å². The number of anilines is 1. The standard InChI is InChI=1S/C19H17F2N3O3/c1-10-16(18(25)23-12-4-6-13(27-2)7-5-12)17(24-19(26)22-10)14-8-3-11(20)9-15(14)21/h3-9,16-17H,1H2,2H3,(H,23,25)(H2,22,24,26)/t16-,17+/m0/s1. The highest BCUT2D eigenvalue weighted by Gasteiger charge is 2.39. The number of nitrogens with one attached hydrogen (secondary N) is 3. The van der Waals surface area contributed by atoms with Crippen LogP contribution in [0.5, 0.6) is 5.75 Å². The summed E-state index contributed by atoms with van der Waals surface area (Å²) in [6.45, 7) is 3.71. The zero-order chi connectivity index (χ0) is 19.6. The maximum atomic E-state index is 14.2. The van der Waals surface area contributed by atoms with Gasteiger partial charge in [0.15, 0.2) is 0 Å². The third kappa shape index (κ3) is 3.89. The van der Waals surface area contributed by atoms with E-state index in [0.717, 1.165) is 6.07 Å². The van der Waals surface area contributed by atoms with Gasteiger partial charge in [0, 0.05) is 23.0 Å². The van der Waals surface area contributed by atoms with E-state index in [4.69, 9.17) is 4.74 Å². The average molecular weight is 373 g/mol. The Labute approximate surface area is 154 Å². The minimum atomic E-state index is -1.04. The highest BCUT2D eigenvalue weighted by atomic mass is 19.1. The largest absolute Gasteiger partial charge is 0.497 e. The summed E-state index contributed by atoms with van der Waals surface area (Å²) in [4.78, 5) is 24.6. The third-order valence-electron chi connectivity index (χ3n) is 4.21. The zero-order valence-corrected chi connectivity index (χ0v) is 14.4. The summed E-state index contributed by atoms with van der Waals surface area (Å²) < 4.78 is 32.5. The van der Waals surface area contributed by atoms with Crippen molar-refractivity contribution in [3.63, 3.8) is 0 Å².